The van der Waals surface area contributed by atoms with E-state index in [-0.39, 0.29) is 0 Å². The fourth-order valence-electron chi connectivity index (χ4n) is 6.30. The Morgan fingerprint density at radius 2 is 1.11 bits per heavy atom. The SMILES string of the molecule is CCCCCCCNCc1ccc(-c2ccccc2-c2nnnn2C(c2ccccc2)(c2ccccc2)c2ccccc2)cc1. The maximum absolute atomic E-state index is 4.76. The van der Waals surface area contributed by atoms with Crippen molar-refractivity contribution in [3.05, 3.63) is 162 Å². The van der Waals surface area contributed by atoms with E-state index in [1.54, 1.807) is 0 Å². The molecule has 0 aliphatic rings. The van der Waals surface area contributed by atoms with Crippen LogP contribution in [0.4, 0.5) is 0 Å². The van der Waals surface area contributed by atoms with Crippen molar-refractivity contribution in [3.63, 3.8) is 0 Å². The first kappa shape index (κ1) is 30.2. The zero-order valence-corrected chi connectivity index (χ0v) is 26.0. The third-order valence-corrected chi connectivity index (χ3v) is 8.58. The Labute approximate surface area is 267 Å². The Kier molecular flexibility index (Phi) is 9.88. The number of nitrogens with one attached hydrogen (secondary N) is 1. The van der Waals surface area contributed by atoms with E-state index in [1.165, 1.54) is 37.7 Å². The largest absolute Gasteiger partial charge is 0.313 e. The molecule has 0 atom stereocenters. The van der Waals surface area contributed by atoms with Gasteiger partial charge < -0.3 is 5.32 Å². The lowest BCUT2D eigenvalue weighted by Gasteiger charge is -2.36. The van der Waals surface area contributed by atoms with Gasteiger partial charge in [0.2, 0.25) is 0 Å². The Balaban J connectivity index is 1.39. The summed E-state index contributed by atoms with van der Waals surface area (Å²) < 4.78 is 2.00. The van der Waals surface area contributed by atoms with Gasteiger partial charge in [0.1, 0.15) is 5.54 Å². The van der Waals surface area contributed by atoms with Gasteiger partial charge in [-0.05, 0) is 56.8 Å². The first-order valence-corrected chi connectivity index (χ1v) is 16.2. The summed E-state index contributed by atoms with van der Waals surface area (Å²) in [5.41, 5.74) is 6.92. The third-order valence-electron chi connectivity index (χ3n) is 8.58. The topological polar surface area (TPSA) is 55.6 Å². The molecule has 1 aromatic heterocycles. The number of unbranched alkanes of at least 4 members (excludes halogenated alkanes) is 4. The molecule has 0 aliphatic heterocycles. The molecule has 0 spiro atoms. The van der Waals surface area contributed by atoms with Crippen LogP contribution >= 0.6 is 0 Å². The summed E-state index contributed by atoms with van der Waals surface area (Å²) in [4.78, 5) is 0. The van der Waals surface area contributed by atoms with Crippen molar-refractivity contribution in [2.24, 2.45) is 0 Å². The second-order valence-corrected chi connectivity index (χ2v) is 11.6. The van der Waals surface area contributed by atoms with Gasteiger partial charge in [0.05, 0.1) is 0 Å². The van der Waals surface area contributed by atoms with Crippen LogP contribution in [0.2, 0.25) is 0 Å². The van der Waals surface area contributed by atoms with Crippen LogP contribution in [0.15, 0.2) is 140 Å². The lowest BCUT2D eigenvalue weighted by Crippen LogP contribution is -2.39. The third kappa shape index (κ3) is 6.50. The van der Waals surface area contributed by atoms with Gasteiger partial charge >= 0.3 is 0 Å². The van der Waals surface area contributed by atoms with Crippen LogP contribution in [0, 0.1) is 0 Å². The smallest absolute Gasteiger partial charge is 0.184 e. The summed E-state index contributed by atoms with van der Waals surface area (Å²) >= 11 is 0. The number of tetrazole rings is 1. The molecule has 6 aromatic rings. The van der Waals surface area contributed by atoms with Crippen molar-refractivity contribution in [1.82, 2.24) is 25.5 Å². The number of hydrogen-bond acceptors (Lipinski definition) is 4. The Morgan fingerprint density at radius 1 is 0.578 bits per heavy atom. The molecule has 5 aromatic carbocycles. The molecule has 0 unspecified atom stereocenters. The summed E-state index contributed by atoms with van der Waals surface area (Å²) in [6.07, 6.45) is 6.48. The summed E-state index contributed by atoms with van der Waals surface area (Å²) in [6.45, 7) is 4.19. The molecule has 0 amide bonds. The average Bonchev–Trinajstić information content (AvgIpc) is 3.60. The fourth-order valence-corrected chi connectivity index (χ4v) is 6.30. The highest BCUT2D eigenvalue weighted by Gasteiger charge is 2.42. The fraction of sp³-hybridized carbons (Fsp3) is 0.225. The van der Waals surface area contributed by atoms with Crippen LogP contribution in [0.5, 0.6) is 0 Å². The van der Waals surface area contributed by atoms with Gasteiger partial charge in [-0.2, -0.15) is 0 Å². The zero-order chi connectivity index (χ0) is 30.7. The van der Waals surface area contributed by atoms with E-state index >= 15 is 0 Å². The first-order valence-electron chi connectivity index (χ1n) is 16.2. The van der Waals surface area contributed by atoms with Crippen molar-refractivity contribution in [2.45, 2.75) is 51.1 Å². The number of benzene rings is 5. The molecule has 5 heteroatoms. The van der Waals surface area contributed by atoms with Gasteiger partial charge in [0.25, 0.3) is 0 Å². The van der Waals surface area contributed by atoms with Crippen molar-refractivity contribution in [1.29, 1.82) is 0 Å². The van der Waals surface area contributed by atoms with Gasteiger partial charge in [0, 0.05) is 12.1 Å². The monoisotopic (exact) mass is 591 g/mol. The number of rotatable bonds is 14. The second-order valence-electron chi connectivity index (χ2n) is 11.6. The Hall–Kier alpha value is -4.87. The average molecular weight is 592 g/mol. The molecular formula is C40H41N5. The molecule has 0 saturated carbocycles. The van der Waals surface area contributed by atoms with Crippen molar-refractivity contribution < 1.29 is 0 Å². The molecule has 0 saturated heterocycles. The molecule has 5 nitrogen and oxygen atoms in total. The highest BCUT2D eigenvalue weighted by Crippen LogP contribution is 2.43. The highest BCUT2D eigenvalue weighted by molar-refractivity contribution is 5.81. The molecule has 0 radical (unpaired) electrons. The van der Waals surface area contributed by atoms with E-state index in [2.05, 4.69) is 139 Å². The van der Waals surface area contributed by atoms with Crippen LogP contribution < -0.4 is 5.32 Å². The van der Waals surface area contributed by atoms with Crippen LogP contribution in [0.1, 0.15) is 61.3 Å². The first-order chi connectivity index (χ1) is 22.3. The molecule has 45 heavy (non-hydrogen) atoms. The zero-order valence-electron chi connectivity index (χ0n) is 26.0. The number of nitrogens with zero attached hydrogens (tertiary/aromatic N) is 4. The van der Waals surface area contributed by atoms with E-state index < -0.39 is 5.54 Å². The molecule has 1 N–H and O–H groups in total. The van der Waals surface area contributed by atoms with Crippen molar-refractivity contribution in [2.75, 3.05) is 6.54 Å². The summed E-state index contributed by atoms with van der Waals surface area (Å²) in [5, 5.41) is 17.4. The molecule has 0 aliphatic carbocycles. The molecule has 1 heterocycles. The van der Waals surface area contributed by atoms with Crippen LogP contribution in [0.3, 0.4) is 0 Å². The molecule has 0 bridgehead atoms. The van der Waals surface area contributed by atoms with E-state index in [0.29, 0.717) is 5.82 Å². The van der Waals surface area contributed by atoms with Crippen LogP contribution in [0.25, 0.3) is 22.5 Å². The maximum Gasteiger partial charge on any atom is 0.184 e. The van der Waals surface area contributed by atoms with Crippen molar-refractivity contribution in [3.8, 4) is 22.5 Å². The van der Waals surface area contributed by atoms with Gasteiger partial charge in [-0.1, -0.05) is 172 Å². The minimum absolute atomic E-state index is 0.705. The van der Waals surface area contributed by atoms with E-state index in [0.717, 1.165) is 46.5 Å². The number of aromatic nitrogens is 4. The van der Waals surface area contributed by atoms with Crippen LogP contribution in [-0.4, -0.2) is 26.8 Å². The molecule has 0 fully saturated rings. The molecular weight excluding hydrogens is 550 g/mol. The lowest BCUT2D eigenvalue weighted by molar-refractivity contribution is 0.451. The van der Waals surface area contributed by atoms with Crippen molar-refractivity contribution >= 4 is 0 Å². The number of hydrogen-bond donors (Lipinski definition) is 1. The second kappa shape index (κ2) is 14.7. The van der Waals surface area contributed by atoms with Gasteiger partial charge in [-0.25, -0.2) is 4.68 Å². The Bertz CT molecular complexity index is 1650. The summed E-state index contributed by atoms with van der Waals surface area (Å²) in [7, 11) is 0. The molecule has 226 valence electrons. The highest BCUT2D eigenvalue weighted by atomic mass is 15.6. The Morgan fingerprint density at radius 3 is 1.69 bits per heavy atom. The van der Waals surface area contributed by atoms with E-state index in [9.17, 15) is 0 Å². The lowest BCUT2D eigenvalue weighted by atomic mass is 9.77. The van der Waals surface area contributed by atoms with Gasteiger partial charge in [0.15, 0.2) is 5.82 Å². The van der Waals surface area contributed by atoms with E-state index in [4.69, 9.17) is 10.3 Å². The van der Waals surface area contributed by atoms with Gasteiger partial charge in [-0.3, -0.25) is 0 Å². The summed E-state index contributed by atoms with van der Waals surface area (Å²) in [5.74, 6) is 0.705. The minimum Gasteiger partial charge on any atom is -0.313 e. The minimum atomic E-state index is -0.804. The standard InChI is InChI=1S/C40H41N5/c1-2-3-4-5-17-30-41-31-32-26-28-33(29-27-32)37-24-15-16-25-38(37)39-42-43-44-45(39)40(34-18-9-6-10-19-34,35-20-11-7-12-21-35)36-22-13-8-14-23-36/h6-16,18-29,41H,2-5,17,30-31H2,1H3. The normalized spacial score (nSPS) is 11.5. The quantitative estimate of drug-likeness (QED) is 0.102. The maximum atomic E-state index is 4.76. The summed E-state index contributed by atoms with van der Waals surface area (Å²) in [6, 6.07) is 48.9. The predicted molar refractivity (Wildman–Crippen MR) is 184 cm³/mol. The van der Waals surface area contributed by atoms with Gasteiger partial charge in [-0.15, -0.1) is 5.10 Å². The van der Waals surface area contributed by atoms with E-state index in [1.807, 2.05) is 22.9 Å². The van der Waals surface area contributed by atoms with Crippen LogP contribution in [-0.2, 0) is 12.1 Å². The molecule has 6 rings (SSSR count). The predicted octanol–water partition coefficient (Wildman–Crippen LogP) is 8.91.